The average molecular weight is 292 g/mol. The minimum absolute atomic E-state index is 0.0296. The van der Waals surface area contributed by atoms with Crippen LogP contribution in [-0.2, 0) is 9.59 Å². The second-order valence-corrected chi connectivity index (χ2v) is 5.96. The lowest BCUT2D eigenvalue weighted by Crippen LogP contribution is -2.46. The van der Waals surface area contributed by atoms with Crippen molar-refractivity contribution in [2.75, 3.05) is 12.3 Å². The zero-order valence-electron chi connectivity index (χ0n) is 12.1. The number of rotatable bonds is 4. The van der Waals surface area contributed by atoms with Gasteiger partial charge in [0, 0.05) is 6.54 Å². The van der Waals surface area contributed by atoms with Crippen molar-refractivity contribution in [3.8, 4) is 0 Å². The Morgan fingerprint density at radius 2 is 2.20 bits per heavy atom. The monoisotopic (exact) mass is 292 g/mol. The Hall–Kier alpha value is -1.49. The van der Waals surface area contributed by atoms with Crippen LogP contribution in [0.3, 0.4) is 0 Å². The molecule has 1 N–H and O–H groups in total. The van der Waals surface area contributed by atoms with Gasteiger partial charge in [-0.15, -0.1) is 11.8 Å². The number of hydrogen-bond donors (Lipinski definition) is 1. The van der Waals surface area contributed by atoms with Gasteiger partial charge < -0.3 is 10.2 Å². The molecule has 0 spiro atoms. The van der Waals surface area contributed by atoms with Gasteiger partial charge in [0.2, 0.25) is 11.8 Å². The highest BCUT2D eigenvalue weighted by molar-refractivity contribution is 8.00. The Morgan fingerprint density at radius 1 is 1.50 bits per heavy atom. The number of thioether (sulfide) groups is 1. The number of carbonyl (C=O) groups is 2. The summed E-state index contributed by atoms with van der Waals surface area (Å²) in [7, 11) is 0. The molecule has 1 saturated heterocycles. The molecule has 0 aliphatic carbocycles. The Morgan fingerprint density at radius 3 is 2.85 bits per heavy atom. The van der Waals surface area contributed by atoms with E-state index in [9.17, 15) is 9.59 Å². The van der Waals surface area contributed by atoms with Crippen LogP contribution < -0.4 is 5.32 Å². The van der Waals surface area contributed by atoms with Crippen LogP contribution in [0.5, 0.6) is 0 Å². The Bertz CT molecular complexity index is 518. The highest BCUT2D eigenvalue weighted by atomic mass is 32.2. The summed E-state index contributed by atoms with van der Waals surface area (Å²) in [4.78, 5) is 25.9. The quantitative estimate of drug-likeness (QED) is 0.924. The van der Waals surface area contributed by atoms with Crippen LogP contribution in [0, 0.1) is 6.92 Å². The fourth-order valence-electron chi connectivity index (χ4n) is 2.41. The first-order valence-electron chi connectivity index (χ1n) is 6.82. The molecular weight excluding hydrogens is 272 g/mol. The molecule has 0 aromatic heterocycles. The number of aryl methyl sites for hydroxylation is 1. The van der Waals surface area contributed by atoms with E-state index in [1.54, 1.807) is 23.6 Å². The minimum Gasteiger partial charge on any atom is -0.355 e. The smallest absolute Gasteiger partial charge is 0.242 e. The van der Waals surface area contributed by atoms with Gasteiger partial charge in [-0.1, -0.05) is 24.3 Å². The predicted molar refractivity (Wildman–Crippen MR) is 81.4 cm³/mol. The van der Waals surface area contributed by atoms with Crippen molar-refractivity contribution < 1.29 is 9.59 Å². The summed E-state index contributed by atoms with van der Waals surface area (Å²) in [5.41, 5.74) is 2.26. The van der Waals surface area contributed by atoms with Crippen LogP contribution >= 0.6 is 11.8 Å². The van der Waals surface area contributed by atoms with Crippen molar-refractivity contribution in [1.29, 1.82) is 0 Å². The van der Waals surface area contributed by atoms with Crippen LogP contribution in [0.25, 0.3) is 0 Å². The van der Waals surface area contributed by atoms with Crippen molar-refractivity contribution >= 4 is 23.6 Å². The number of likely N-dealkylation sites (N-methyl/N-ethyl adjacent to an activating group) is 1. The van der Waals surface area contributed by atoms with Crippen molar-refractivity contribution in [3.63, 3.8) is 0 Å². The van der Waals surface area contributed by atoms with Gasteiger partial charge in [-0.2, -0.15) is 0 Å². The van der Waals surface area contributed by atoms with Crippen LogP contribution in [0.15, 0.2) is 24.3 Å². The summed E-state index contributed by atoms with van der Waals surface area (Å²) in [5, 5.41) is 2.72. The number of nitrogens with zero attached hydrogens (tertiary/aromatic N) is 1. The summed E-state index contributed by atoms with van der Waals surface area (Å²) in [6.45, 7) is 6.28. The Kier molecular flexibility index (Phi) is 4.70. The first kappa shape index (κ1) is 14.9. The topological polar surface area (TPSA) is 49.4 Å². The molecule has 4 nitrogen and oxygen atoms in total. The maximum absolute atomic E-state index is 12.1. The Balaban J connectivity index is 2.27. The zero-order valence-corrected chi connectivity index (χ0v) is 12.9. The maximum Gasteiger partial charge on any atom is 0.242 e. The number of nitrogens with one attached hydrogen (secondary N) is 1. The fourth-order valence-corrected chi connectivity index (χ4v) is 3.76. The molecule has 1 fully saturated rings. The highest BCUT2D eigenvalue weighted by Gasteiger charge is 2.38. The van der Waals surface area contributed by atoms with E-state index < -0.39 is 6.04 Å². The molecule has 2 atom stereocenters. The van der Waals surface area contributed by atoms with Gasteiger partial charge in [0.15, 0.2) is 0 Å². The third-order valence-electron chi connectivity index (χ3n) is 3.51. The number of carbonyl (C=O) groups excluding carboxylic acids is 2. The van der Waals surface area contributed by atoms with Gasteiger partial charge in [-0.05, 0) is 31.9 Å². The molecule has 2 amide bonds. The van der Waals surface area contributed by atoms with E-state index in [2.05, 4.69) is 5.32 Å². The molecule has 1 aromatic carbocycles. The van der Waals surface area contributed by atoms with Crippen molar-refractivity contribution in [2.45, 2.75) is 32.2 Å². The number of benzene rings is 1. The van der Waals surface area contributed by atoms with Crippen LogP contribution in [0.2, 0.25) is 0 Å². The Labute approximate surface area is 123 Å². The van der Waals surface area contributed by atoms with Gasteiger partial charge >= 0.3 is 0 Å². The highest BCUT2D eigenvalue weighted by Crippen LogP contribution is 2.41. The standard InChI is InChI=1S/C15H20N2O2S/c1-4-16-14(19)11(3)17-13(18)9-20-15(17)12-8-6-5-7-10(12)2/h5-8,11,15H,4,9H2,1-3H3,(H,16,19)/t11-,15-/m1/s1. The van der Waals surface area contributed by atoms with Crippen molar-refractivity contribution in [2.24, 2.45) is 0 Å². The van der Waals surface area contributed by atoms with Gasteiger partial charge in [0.05, 0.1) is 5.75 Å². The molecule has 1 aliphatic rings. The molecule has 1 aromatic rings. The second kappa shape index (κ2) is 6.31. The van der Waals surface area contributed by atoms with Crippen LogP contribution in [-0.4, -0.2) is 35.1 Å². The molecule has 0 radical (unpaired) electrons. The van der Waals surface area contributed by atoms with Crippen molar-refractivity contribution in [3.05, 3.63) is 35.4 Å². The summed E-state index contributed by atoms with van der Waals surface area (Å²) < 4.78 is 0. The SMILES string of the molecule is CCNC(=O)[C@@H](C)N1C(=O)CS[C@@H]1c1ccccc1C. The van der Waals surface area contributed by atoms with E-state index in [0.717, 1.165) is 11.1 Å². The third kappa shape index (κ3) is 2.82. The van der Waals surface area contributed by atoms with Crippen molar-refractivity contribution in [1.82, 2.24) is 10.2 Å². The average Bonchev–Trinajstić information content (AvgIpc) is 2.80. The third-order valence-corrected chi connectivity index (χ3v) is 4.72. The van der Waals surface area contributed by atoms with Gasteiger partial charge in [-0.3, -0.25) is 9.59 Å². The number of hydrogen-bond acceptors (Lipinski definition) is 3. The molecule has 1 aliphatic heterocycles. The van der Waals surface area contributed by atoms with E-state index in [1.807, 2.05) is 38.1 Å². The first-order chi connectivity index (χ1) is 9.56. The van der Waals surface area contributed by atoms with Crippen LogP contribution in [0.1, 0.15) is 30.3 Å². The van der Waals surface area contributed by atoms with Gasteiger partial charge in [0.25, 0.3) is 0 Å². The first-order valence-corrected chi connectivity index (χ1v) is 7.87. The minimum atomic E-state index is -0.443. The number of amides is 2. The van der Waals surface area contributed by atoms with Gasteiger partial charge in [0.1, 0.15) is 11.4 Å². The summed E-state index contributed by atoms with van der Waals surface area (Å²) >= 11 is 1.59. The lowest BCUT2D eigenvalue weighted by atomic mass is 10.1. The molecule has 0 unspecified atom stereocenters. The zero-order chi connectivity index (χ0) is 14.7. The second-order valence-electron chi connectivity index (χ2n) is 4.89. The normalized spacial score (nSPS) is 20.1. The van der Waals surface area contributed by atoms with Crippen LogP contribution in [0.4, 0.5) is 0 Å². The fraction of sp³-hybridized carbons (Fsp3) is 0.467. The van der Waals surface area contributed by atoms with E-state index in [-0.39, 0.29) is 17.2 Å². The summed E-state index contributed by atoms with van der Waals surface area (Å²) in [6, 6.07) is 7.58. The molecular formula is C15H20N2O2S. The lowest BCUT2D eigenvalue weighted by molar-refractivity contribution is -0.137. The van der Waals surface area contributed by atoms with E-state index >= 15 is 0 Å². The molecule has 20 heavy (non-hydrogen) atoms. The van der Waals surface area contributed by atoms with E-state index in [1.165, 1.54) is 0 Å². The molecule has 2 rings (SSSR count). The molecule has 0 saturated carbocycles. The summed E-state index contributed by atoms with van der Waals surface area (Å²) in [6.07, 6.45) is 0. The predicted octanol–water partition coefficient (Wildman–Crippen LogP) is 2.09. The summed E-state index contributed by atoms with van der Waals surface area (Å²) in [5.74, 6) is 0.367. The molecule has 5 heteroatoms. The molecule has 1 heterocycles. The molecule has 0 bridgehead atoms. The van der Waals surface area contributed by atoms with E-state index in [0.29, 0.717) is 12.3 Å². The maximum atomic E-state index is 12.1. The lowest BCUT2D eigenvalue weighted by Gasteiger charge is -2.30. The largest absolute Gasteiger partial charge is 0.355 e. The van der Waals surface area contributed by atoms with Gasteiger partial charge in [-0.25, -0.2) is 0 Å². The molecule has 108 valence electrons. The van der Waals surface area contributed by atoms with E-state index in [4.69, 9.17) is 0 Å².